The molecule has 1 aromatic heterocycles. The van der Waals surface area contributed by atoms with Gasteiger partial charge in [-0.3, -0.25) is 4.68 Å². The van der Waals surface area contributed by atoms with Crippen molar-refractivity contribution in [3.63, 3.8) is 0 Å². The summed E-state index contributed by atoms with van der Waals surface area (Å²) >= 11 is 6.09. The van der Waals surface area contributed by atoms with Crippen LogP contribution in [0.2, 0.25) is 5.02 Å². The van der Waals surface area contributed by atoms with Gasteiger partial charge in [0.1, 0.15) is 0 Å². The van der Waals surface area contributed by atoms with Gasteiger partial charge in [-0.05, 0) is 19.9 Å². The molecular formula is C11H20ClN3O. The fourth-order valence-electron chi connectivity index (χ4n) is 1.68. The van der Waals surface area contributed by atoms with Crippen LogP contribution in [0, 0.1) is 0 Å². The van der Waals surface area contributed by atoms with Gasteiger partial charge in [0.2, 0.25) is 0 Å². The minimum Gasteiger partial charge on any atom is -0.381 e. The van der Waals surface area contributed by atoms with Crippen molar-refractivity contribution in [2.75, 3.05) is 20.3 Å². The van der Waals surface area contributed by atoms with Crippen LogP contribution in [0.15, 0.2) is 6.20 Å². The molecule has 1 atom stereocenters. The second kappa shape index (κ2) is 6.89. The third kappa shape index (κ3) is 3.47. The highest BCUT2D eigenvalue weighted by Gasteiger charge is 2.16. The first kappa shape index (κ1) is 13.5. The van der Waals surface area contributed by atoms with Gasteiger partial charge in [0.25, 0.3) is 0 Å². The number of nitrogens with one attached hydrogen (secondary N) is 1. The monoisotopic (exact) mass is 245 g/mol. The van der Waals surface area contributed by atoms with E-state index in [9.17, 15) is 0 Å². The van der Waals surface area contributed by atoms with E-state index in [2.05, 4.69) is 17.3 Å². The topological polar surface area (TPSA) is 39.1 Å². The van der Waals surface area contributed by atoms with Crippen molar-refractivity contribution < 1.29 is 4.74 Å². The Balaban J connectivity index is 2.54. The highest BCUT2D eigenvalue weighted by Crippen LogP contribution is 2.24. The largest absolute Gasteiger partial charge is 0.381 e. The van der Waals surface area contributed by atoms with Crippen LogP contribution < -0.4 is 5.32 Å². The molecule has 0 bridgehead atoms. The van der Waals surface area contributed by atoms with E-state index in [1.165, 1.54) is 0 Å². The van der Waals surface area contributed by atoms with Crippen molar-refractivity contribution in [2.45, 2.75) is 25.8 Å². The van der Waals surface area contributed by atoms with Gasteiger partial charge in [0, 0.05) is 20.3 Å². The van der Waals surface area contributed by atoms with E-state index in [4.69, 9.17) is 16.3 Å². The van der Waals surface area contributed by atoms with Crippen LogP contribution in [0.3, 0.4) is 0 Å². The van der Waals surface area contributed by atoms with Crippen molar-refractivity contribution in [1.82, 2.24) is 15.1 Å². The molecule has 0 spiro atoms. The van der Waals surface area contributed by atoms with E-state index in [-0.39, 0.29) is 6.04 Å². The first-order valence-corrected chi connectivity index (χ1v) is 6.00. The molecule has 0 saturated carbocycles. The third-order valence-corrected chi connectivity index (χ3v) is 2.81. The fraction of sp³-hybridized carbons (Fsp3) is 0.727. The number of rotatable bonds is 7. The number of halogens is 1. The van der Waals surface area contributed by atoms with Gasteiger partial charge in [-0.15, -0.1) is 0 Å². The first-order chi connectivity index (χ1) is 7.70. The number of hydrogen-bond donors (Lipinski definition) is 1. The molecule has 0 aliphatic rings. The summed E-state index contributed by atoms with van der Waals surface area (Å²) in [5, 5.41) is 8.08. The lowest BCUT2D eigenvalue weighted by atomic mass is 10.1. The molecule has 4 nitrogen and oxygen atoms in total. The van der Waals surface area contributed by atoms with E-state index in [1.54, 1.807) is 6.20 Å². The standard InChI is InChI=1S/C11H20ClN3O/c1-4-6-16-7-5-10(13-2)11-9(12)8-14-15(11)3/h8,10,13H,4-7H2,1-3H3. The smallest absolute Gasteiger partial charge is 0.0834 e. The Bertz CT molecular complexity index is 295. The minimum absolute atomic E-state index is 0.192. The molecule has 0 amide bonds. The maximum atomic E-state index is 6.09. The molecule has 0 aliphatic carbocycles. The van der Waals surface area contributed by atoms with Gasteiger partial charge in [-0.2, -0.15) is 5.10 Å². The lowest BCUT2D eigenvalue weighted by molar-refractivity contribution is 0.124. The van der Waals surface area contributed by atoms with Crippen LogP contribution in [-0.4, -0.2) is 30.0 Å². The summed E-state index contributed by atoms with van der Waals surface area (Å²) in [6.45, 7) is 3.66. The summed E-state index contributed by atoms with van der Waals surface area (Å²) in [4.78, 5) is 0. The average Bonchev–Trinajstić information content (AvgIpc) is 2.60. The van der Waals surface area contributed by atoms with Crippen LogP contribution in [0.5, 0.6) is 0 Å². The van der Waals surface area contributed by atoms with E-state index in [0.29, 0.717) is 5.02 Å². The highest BCUT2D eigenvalue weighted by atomic mass is 35.5. The normalized spacial score (nSPS) is 13.0. The average molecular weight is 246 g/mol. The summed E-state index contributed by atoms with van der Waals surface area (Å²) < 4.78 is 7.29. The van der Waals surface area contributed by atoms with Gasteiger partial charge in [0.05, 0.1) is 23.0 Å². The molecule has 0 radical (unpaired) electrons. The van der Waals surface area contributed by atoms with Crippen molar-refractivity contribution in [1.29, 1.82) is 0 Å². The number of nitrogens with zero attached hydrogens (tertiary/aromatic N) is 2. The molecule has 1 N–H and O–H groups in total. The van der Waals surface area contributed by atoms with Gasteiger partial charge in [-0.25, -0.2) is 0 Å². The Labute approximate surface area is 102 Å². The van der Waals surface area contributed by atoms with Crippen LogP contribution in [0.1, 0.15) is 31.5 Å². The quantitative estimate of drug-likeness (QED) is 0.749. The molecule has 1 heterocycles. The zero-order valence-corrected chi connectivity index (χ0v) is 10.9. The van der Waals surface area contributed by atoms with Crippen LogP contribution in [0.4, 0.5) is 0 Å². The second-order valence-corrected chi connectivity index (χ2v) is 4.15. The van der Waals surface area contributed by atoms with Gasteiger partial charge in [0.15, 0.2) is 0 Å². The second-order valence-electron chi connectivity index (χ2n) is 3.74. The Hall–Kier alpha value is -0.580. The van der Waals surface area contributed by atoms with Crippen LogP contribution >= 0.6 is 11.6 Å². The molecular weight excluding hydrogens is 226 g/mol. The summed E-state index contributed by atoms with van der Waals surface area (Å²) in [6, 6.07) is 0.192. The van der Waals surface area contributed by atoms with Crippen molar-refractivity contribution in [3.05, 3.63) is 16.9 Å². The van der Waals surface area contributed by atoms with E-state index in [0.717, 1.165) is 31.7 Å². The van der Waals surface area contributed by atoms with Crippen molar-refractivity contribution in [3.8, 4) is 0 Å². The predicted molar refractivity (Wildman–Crippen MR) is 65.7 cm³/mol. The van der Waals surface area contributed by atoms with E-state index in [1.807, 2.05) is 18.8 Å². The summed E-state index contributed by atoms with van der Waals surface area (Å²) in [6.07, 6.45) is 3.63. The Kier molecular flexibility index (Phi) is 5.80. The Morgan fingerprint density at radius 3 is 2.81 bits per heavy atom. The molecule has 0 aliphatic heterocycles. The van der Waals surface area contributed by atoms with Crippen LogP contribution in [0.25, 0.3) is 0 Å². The molecule has 0 fully saturated rings. The van der Waals surface area contributed by atoms with Crippen molar-refractivity contribution >= 4 is 11.6 Å². The lowest BCUT2D eigenvalue weighted by Gasteiger charge is -2.17. The number of aryl methyl sites for hydroxylation is 1. The molecule has 92 valence electrons. The van der Waals surface area contributed by atoms with Crippen molar-refractivity contribution in [2.24, 2.45) is 7.05 Å². The van der Waals surface area contributed by atoms with Gasteiger partial charge >= 0.3 is 0 Å². The number of hydrogen-bond acceptors (Lipinski definition) is 3. The molecule has 16 heavy (non-hydrogen) atoms. The minimum atomic E-state index is 0.192. The summed E-state index contributed by atoms with van der Waals surface area (Å²) in [7, 11) is 3.83. The fourth-order valence-corrected chi connectivity index (χ4v) is 1.98. The third-order valence-electron chi connectivity index (χ3n) is 2.52. The summed E-state index contributed by atoms with van der Waals surface area (Å²) in [5.74, 6) is 0. The molecule has 1 rings (SSSR count). The molecule has 1 unspecified atom stereocenters. The zero-order valence-electron chi connectivity index (χ0n) is 10.2. The van der Waals surface area contributed by atoms with E-state index >= 15 is 0 Å². The lowest BCUT2D eigenvalue weighted by Crippen LogP contribution is -2.21. The predicted octanol–water partition coefficient (Wildman–Crippen LogP) is 2.15. The number of ether oxygens (including phenoxy) is 1. The van der Waals surface area contributed by atoms with Gasteiger partial charge in [-0.1, -0.05) is 18.5 Å². The molecule has 1 aromatic rings. The maximum Gasteiger partial charge on any atom is 0.0834 e. The van der Waals surface area contributed by atoms with Crippen LogP contribution in [-0.2, 0) is 11.8 Å². The Morgan fingerprint density at radius 2 is 2.31 bits per heavy atom. The Morgan fingerprint density at radius 1 is 1.56 bits per heavy atom. The van der Waals surface area contributed by atoms with Gasteiger partial charge < -0.3 is 10.1 Å². The number of aromatic nitrogens is 2. The molecule has 0 aromatic carbocycles. The zero-order chi connectivity index (χ0) is 12.0. The highest BCUT2D eigenvalue weighted by molar-refractivity contribution is 6.31. The first-order valence-electron chi connectivity index (χ1n) is 5.63. The van der Waals surface area contributed by atoms with E-state index < -0.39 is 0 Å². The SMILES string of the molecule is CCCOCCC(NC)c1c(Cl)cnn1C. The molecule has 0 saturated heterocycles. The summed E-state index contributed by atoms with van der Waals surface area (Å²) in [5.41, 5.74) is 1.02. The maximum absolute atomic E-state index is 6.09. The molecule has 5 heteroatoms.